The second-order valence-electron chi connectivity index (χ2n) is 6.35. The Labute approximate surface area is 193 Å². The van der Waals surface area contributed by atoms with Crippen LogP contribution in [0.25, 0.3) is 0 Å². The molecule has 0 saturated heterocycles. The predicted octanol–water partition coefficient (Wildman–Crippen LogP) is 4.26. The first kappa shape index (κ1) is 43.6. The van der Waals surface area contributed by atoms with Crippen LogP contribution in [0.4, 0.5) is 0 Å². The van der Waals surface area contributed by atoms with Crippen LogP contribution in [-0.4, -0.2) is 67.7 Å². The van der Waals surface area contributed by atoms with Crippen LogP contribution >= 0.6 is 0 Å². The minimum atomic E-state index is -0.833. The largest absolute Gasteiger partial charge is 0.481 e. The van der Waals surface area contributed by atoms with Gasteiger partial charge in [0.2, 0.25) is 0 Å². The monoisotopic (exact) mass is 472 g/mol. The van der Waals surface area contributed by atoms with Crippen LogP contribution in [0, 0.1) is 0 Å². The lowest BCUT2D eigenvalue weighted by Gasteiger charge is -1.99. The number of hydrogen-bond donors (Lipinski definition) is 6. The smallest absolute Gasteiger partial charge is 0.300 e. The third-order valence-electron chi connectivity index (χ3n) is 2.56. The van der Waals surface area contributed by atoms with Crippen molar-refractivity contribution in [2.45, 2.75) is 106 Å². The molecule has 0 aliphatic heterocycles. The van der Waals surface area contributed by atoms with Crippen molar-refractivity contribution in [2.75, 3.05) is 13.2 Å². The number of carbonyl (C=O) groups is 4. The maximum absolute atomic E-state index is 9.00. The Bertz CT molecular complexity index is 309. The number of carboxylic acids is 4. The van der Waals surface area contributed by atoms with Crippen LogP contribution in [0.1, 0.15) is 106 Å². The number of aliphatic carboxylic acids is 4. The Balaban J connectivity index is -0.0000000706. The maximum atomic E-state index is 9.00. The molecule has 0 amide bonds. The number of carboxylic acid groups (broad SMARTS) is 4. The van der Waals surface area contributed by atoms with Gasteiger partial charge in [-0.05, 0) is 0 Å². The van der Waals surface area contributed by atoms with E-state index >= 15 is 0 Å². The first-order valence-electron chi connectivity index (χ1n) is 10.8. The molecule has 0 fully saturated rings. The number of aliphatic hydroxyl groups is 2. The molecule has 0 saturated carbocycles. The summed E-state index contributed by atoms with van der Waals surface area (Å²) in [4.78, 5) is 36.0. The molecule has 0 aliphatic rings. The highest BCUT2D eigenvalue weighted by Gasteiger charge is 1.90. The summed E-state index contributed by atoms with van der Waals surface area (Å²) in [5.41, 5.74) is 0. The zero-order valence-electron chi connectivity index (χ0n) is 20.8. The number of unbranched alkanes of at least 4 members (excludes halogenated alkanes) is 9. The van der Waals surface area contributed by atoms with Gasteiger partial charge in [-0.3, -0.25) is 19.2 Å². The van der Waals surface area contributed by atoms with Gasteiger partial charge in [0.05, 0.1) is 13.2 Å². The van der Waals surface area contributed by atoms with Crippen molar-refractivity contribution in [2.24, 2.45) is 0 Å². The molecule has 0 aromatic carbocycles. The Morgan fingerprint density at radius 1 is 0.438 bits per heavy atom. The van der Waals surface area contributed by atoms with Crippen molar-refractivity contribution in [3.8, 4) is 0 Å². The predicted molar refractivity (Wildman–Crippen MR) is 125 cm³/mol. The zero-order chi connectivity index (χ0) is 26.8. The fourth-order valence-corrected chi connectivity index (χ4v) is 1.56. The zero-order valence-corrected chi connectivity index (χ0v) is 20.8. The highest BCUT2D eigenvalue weighted by Crippen LogP contribution is 2.09. The minimum Gasteiger partial charge on any atom is -0.481 e. The molecule has 0 aromatic heterocycles. The Hall–Kier alpha value is -2.20. The Morgan fingerprint density at radius 2 is 0.562 bits per heavy atom. The minimum absolute atomic E-state index is 0.125. The second-order valence-corrected chi connectivity index (χ2v) is 6.35. The van der Waals surface area contributed by atoms with E-state index in [0.29, 0.717) is 0 Å². The van der Waals surface area contributed by atoms with Crippen LogP contribution < -0.4 is 0 Å². The molecule has 10 nitrogen and oxygen atoms in total. The van der Waals surface area contributed by atoms with E-state index in [-0.39, 0.29) is 13.2 Å². The molecule has 0 radical (unpaired) electrons. The third kappa shape index (κ3) is 328. The van der Waals surface area contributed by atoms with Gasteiger partial charge in [0, 0.05) is 27.7 Å². The van der Waals surface area contributed by atoms with Crippen LogP contribution in [0.5, 0.6) is 0 Å². The lowest BCUT2D eigenvalue weighted by molar-refractivity contribution is -0.135. The summed E-state index contributed by atoms with van der Waals surface area (Å²) < 4.78 is 0. The quantitative estimate of drug-likeness (QED) is 0.250. The van der Waals surface area contributed by atoms with E-state index in [1.54, 1.807) is 0 Å². The molecule has 0 aliphatic carbocycles. The summed E-state index contributed by atoms with van der Waals surface area (Å²) in [5, 5.41) is 44.9. The summed E-state index contributed by atoms with van der Waals surface area (Å²) in [5.74, 6) is -3.33. The van der Waals surface area contributed by atoms with Crippen molar-refractivity contribution in [3.63, 3.8) is 0 Å². The van der Waals surface area contributed by atoms with Gasteiger partial charge < -0.3 is 30.6 Å². The molecular formula is C22H48O10. The summed E-state index contributed by atoms with van der Waals surface area (Å²) >= 11 is 0. The van der Waals surface area contributed by atoms with Gasteiger partial charge in [0.1, 0.15) is 0 Å². The topological polar surface area (TPSA) is 190 Å². The average molecular weight is 473 g/mol. The van der Waals surface area contributed by atoms with Crippen molar-refractivity contribution in [1.82, 2.24) is 0 Å². The van der Waals surface area contributed by atoms with Gasteiger partial charge in [-0.25, -0.2) is 0 Å². The summed E-state index contributed by atoms with van der Waals surface area (Å²) in [6, 6.07) is 0. The van der Waals surface area contributed by atoms with E-state index in [1.165, 1.54) is 64.2 Å². The van der Waals surface area contributed by atoms with E-state index in [4.69, 9.17) is 49.8 Å². The number of aliphatic hydroxyl groups excluding tert-OH is 2. The SMILES string of the molecule is CC(=O)O.CC(=O)O.CC(=O)O.CC(=O)O.CCCCCCCCCCCC.OCCO. The van der Waals surface area contributed by atoms with Gasteiger partial charge >= 0.3 is 0 Å². The lowest BCUT2D eigenvalue weighted by Crippen LogP contribution is -1.85. The average Bonchev–Trinajstić information content (AvgIpc) is 2.62. The molecule has 0 aromatic rings. The fraction of sp³-hybridized carbons (Fsp3) is 0.818. The van der Waals surface area contributed by atoms with Gasteiger partial charge in [0.25, 0.3) is 23.9 Å². The Kier molecular flexibility index (Phi) is 63.9. The molecule has 0 bridgehead atoms. The number of hydrogen-bond acceptors (Lipinski definition) is 6. The summed E-state index contributed by atoms with van der Waals surface area (Å²) in [6.07, 6.45) is 14.4. The van der Waals surface area contributed by atoms with Crippen molar-refractivity contribution in [3.05, 3.63) is 0 Å². The molecule has 196 valence electrons. The normalized spacial score (nSPS) is 8.00. The van der Waals surface area contributed by atoms with Crippen molar-refractivity contribution < 1.29 is 49.8 Å². The van der Waals surface area contributed by atoms with Gasteiger partial charge in [-0.2, -0.15) is 0 Å². The first-order valence-corrected chi connectivity index (χ1v) is 10.8. The molecule has 0 atom stereocenters. The molecule has 0 spiro atoms. The van der Waals surface area contributed by atoms with Gasteiger partial charge in [-0.15, -0.1) is 0 Å². The lowest BCUT2D eigenvalue weighted by atomic mass is 10.1. The fourth-order valence-electron chi connectivity index (χ4n) is 1.56. The van der Waals surface area contributed by atoms with Crippen molar-refractivity contribution in [1.29, 1.82) is 0 Å². The van der Waals surface area contributed by atoms with E-state index in [0.717, 1.165) is 27.7 Å². The van der Waals surface area contributed by atoms with Crippen LogP contribution in [0.3, 0.4) is 0 Å². The molecule has 6 N–H and O–H groups in total. The van der Waals surface area contributed by atoms with Crippen LogP contribution in [0.15, 0.2) is 0 Å². The van der Waals surface area contributed by atoms with E-state index < -0.39 is 23.9 Å². The molecule has 0 rings (SSSR count). The van der Waals surface area contributed by atoms with E-state index in [1.807, 2.05) is 0 Å². The summed E-state index contributed by atoms with van der Waals surface area (Å²) in [7, 11) is 0. The van der Waals surface area contributed by atoms with Gasteiger partial charge in [0.15, 0.2) is 0 Å². The van der Waals surface area contributed by atoms with Crippen LogP contribution in [-0.2, 0) is 19.2 Å². The Morgan fingerprint density at radius 3 is 0.656 bits per heavy atom. The molecular weight excluding hydrogens is 424 g/mol. The highest BCUT2D eigenvalue weighted by atomic mass is 16.4. The molecule has 0 unspecified atom stereocenters. The maximum Gasteiger partial charge on any atom is 0.300 e. The molecule has 0 heterocycles. The van der Waals surface area contributed by atoms with Crippen molar-refractivity contribution >= 4 is 23.9 Å². The van der Waals surface area contributed by atoms with Gasteiger partial charge in [-0.1, -0.05) is 78.1 Å². The second kappa shape index (κ2) is 46.8. The van der Waals surface area contributed by atoms with E-state index in [9.17, 15) is 0 Å². The molecule has 32 heavy (non-hydrogen) atoms. The first-order chi connectivity index (χ1) is 14.8. The van der Waals surface area contributed by atoms with E-state index in [2.05, 4.69) is 13.8 Å². The third-order valence-corrected chi connectivity index (χ3v) is 2.56. The summed E-state index contributed by atoms with van der Waals surface area (Å²) in [6.45, 7) is 8.64. The van der Waals surface area contributed by atoms with Crippen LogP contribution in [0.2, 0.25) is 0 Å². The standard InChI is InChI=1S/C12H26.4C2H4O2.C2H6O2/c1-3-5-7-9-11-12-10-8-6-4-2;4*1-2(3)4;3-1-2-4/h3-12H2,1-2H3;4*1H3,(H,3,4);3-4H,1-2H2. The highest BCUT2D eigenvalue weighted by molar-refractivity contribution is 5.63. The number of rotatable bonds is 10. The molecule has 10 heteroatoms.